The van der Waals surface area contributed by atoms with Gasteiger partial charge in [-0.25, -0.2) is 13.2 Å². The highest BCUT2D eigenvalue weighted by Crippen LogP contribution is 2.49. The van der Waals surface area contributed by atoms with E-state index in [0.29, 0.717) is 23.1 Å². The van der Waals surface area contributed by atoms with Gasteiger partial charge in [-0.15, -0.1) is 6.58 Å². The third-order valence-electron chi connectivity index (χ3n) is 7.65. The van der Waals surface area contributed by atoms with Crippen molar-refractivity contribution >= 4 is 0 Å². The molecule has 0 aromatic heterocycles. The first-order valence-electron chi connectivity index (χ1n) is 12.1. The van der Waals surface area contributed by atoms with Crippen LogP contribution in [-0.4, -0.2) is 6.61 Å². The minimum atomic E-state index is -0.971. The third kappa shape index (κ3) is 5.20. The lowest BCUT2D eigenvalue weighted by molar-refractivity contribution is 0.114. The van der Waals surface area contributed by atoms with Crippen LogP contribution in [0.15, 0.2) is 55.6 Å². The Balaban J connectivity index is 1.48. The Hall–Kier alpha value is -2.49. The van der Waals surface area contributed by atoms with E-state index in [4.69, 9.17) is 4.74 Å². The Labute approximate surface area is 195 Å². The van der Waals surface area contributed by atoms with E-state index in [1.807, 2.05) is 6.08 Å². The summed E-state index contributed by atoms with van der Waals surface area (Å²) in [5, 5.41) is 0. The molecule has 0 amide bonds. The van der Waals surface area contributed by atoms with Crippen molar-refractivity contribution in [2.75, 3.05) is 6.61 Å². The van der Waals surface area contributed by atoms with Crippen LogP contribution < -0.4 is 4.74 Å². The fraction of sp³-hybridized carbons (Fsp3) is 0.448. The topological polar surface area (TPSA) is 9.23 Å². The number of rotatable bonds is 8. The molecule has 2 saturated carbocycles. The van der Waals surface area contributed by atoms with Gasteiger partial charge < -0.3 is 4.74 Å². The molecule has 0 spiro atoms. The van der Waals surface area contributed by atoms with E-state index in [-0.39, 0.29) is 23.7 Å². The van der Waals surface area contributed by atoms with E-state index < -0.39 is 17.5 Å². The van der Waals surface area contributed by atoms with Gasteiger partial charge in [-0.3, -0.25) is 0 Å². The van der Waals surface area contributed by atoms with Gasteiger partial charge in [-0.2, -0.15) is 0 Å². The zero-order valence-corrected chi connectivity index (χ0v) is 19.2. The molecule has 4 rings (SSSR count). The molecular weight excluding hydrogens is 421 g/mol. The van der Waals surface area contributed by atoms with Gasteiger partial charge in [0.05, 0.1) is 0 Å². The summed E-state index contributed by atoms with van der Waals surface area (Å²) in [5.41, 5.74) is 0.417. The molecule has 2 aromatic rings. The van der Waals surface area contributed by atoms with Crippen molar-refractivity contribution in [2.24, 2.45) is 17.8 Å². The Morgan fingerprint density at radius 3 is 2.36 bits per heavy atom. The molecule has 1 nitrogen and oxygen atoms in total. The molecule has 0 saturated heterocycles. The molecule has 2 aromatic carbocycles. The van der Waals surface area contributed by atoms with Gasteiger partial charge in [0.1, 0.15) is 18.2 Å². The predicted molar refractivity (Wildman–Crippen MR) is 128 cm³/mol. The minimum Gasteiger partial charge on any atom is -0.489 e. The van der Waals surface area contributed by atoms with E-state index in [1.54, 1.807) is 18.2 Å². The first kappa shape index (κ1) is 23.7. The SMILES string of the molecule is C=CCCC1CCC2CC(c3ccc(-c4ccc(OCC=C)cc4F)c(F)c3F)CCC2C1. The van der Waals surface area contributed by atoms with Gasteiger partial charge in [0.15, 0.2) is 11.6 Å². The summed E-state index contributed by atoms with van der Waals surface area (Å²) in [6, 6.07) is 7.36. The average molecular weight is 455 g/mol. The van der Waals surface area contributed by atoms with E-state index in [9.17, 15) is 4.39 Å². The molecule has 176 valence electrons. The molecule has 4 unspecified atom stereocenters. The molecule has 0 bridgehead atoms. The van der Waals surface area contributed by atoms with Crippen molar-refractivity contribution in [1.29, 1.82) is 0 Å². The summed E-state index contributed by atoms with van der Waals surface area (Å²) in [4.78, 5) is 0. The number of fused-ring (bicyclic) bond motifs is 1. The van der Waals surface area contributed by atoms with Gasteiger partial charge in [-0.05, 0) is 86.3 Å². The second-order valence-corrected chi connectivity index (χ2v) is 9.65. The lowest BCUT2D eigenvalue weighted by atomic mass is 9.63. The van der Waals surface area contributed by atoms with Crippen molar-refractivity contribution in [3.05, 3.63) is 78.7 Å². The lowest BCUT2D eigenvalue weighted by Crippen LogP contribution is -2.30. The number of ether oxygens (including phenoxy) is 1. The van der Waals surface area contributed by atoms with E-state index >= 15 is 8.78 Å². The van der Waals surface area contributed by atoms with Crippen LogP contribution in [0.25, 0.3) is 11.1 Å². The maximum atomic E-state index is 15.2. The summed E-state index contributed by atoms with van der Waals surface area (Å²) in [6.07, 6.45) is 12.4. The first-order valence-corrected chi connectivity index (χ1v) is 12.1. The van der Waals surface area contributed by atoms with Crippen molar-refractivity contribution < 1.29 is 17.9 Å². The van der Waals surface area contributed by atoms with Crippen molar-refractivity contribution in [3.63, 3.8) is 0 Å². The maximum Gasteiger partial charge on any atom is 0.167 e. The highest BCUT2D eigenvalue weighted by Gasteiger charge is 2.37. The lowest BCUT2D eigenvalue weighted by Gasteiger charge is -2.42. The van der Waals surface area contributed by atoms with Crippen molar-refractivity contribution in [3.8, 4) is 16.9 Å². The minimum absolute atomic E-state index is 0.0269. The maximum absolute atomic E-state index is 15.2. The number of benzene rings is 2. The monoisotopic (exact) mass is 454 g/mol. The predicted octanol–water partition coefficient (Wildman–Crippen LogP) is 8.60. The molecule has 0 N–H and O–H groups in total. The largest absolute Gasteiger partial charge is 0.489 e. The summed E-state index contributed by atoms with van der Waals surface area (Å²) in [7, 11) is 0. The van der Waals surface area contributed by atoms with Crippen molar-refractivity contribution in [2.45, 2.75) is 57.3 Å². The van der Waals surface area contributed by atoms with Crippen LogP contribution in [0, 0.1) is 35.2 Å². The van der Waals surface area contributed by atoms with Crippen LogP contribution in [0.2, 0.25) is 0 Å². The Kier molecular flexibility index (Phi) is 7.62. The third-order valence-corrected chi connectivity index (χ3v) is 7.65. The number of halogens is 3. The quantitative estimate of drug-likeness (QED) is 0.363. The second kappa shape index (κ2) is 10.6. The highest BCUT2D eigenvalue weighted by atomic mass is 19.2. The number of hydrogen-bond donors (Lipinski definition) is 0. The van der Waals surface area contributed by atoms with Crippen LogP contribution in [0.5, 0.6) is 5.75 Å². The van der Waals surface area contributed by atoms with E-state index in [2.05, 4.69) is 13.2 Å². The fourth-order valence-electron chi connectivity index (χ4n) is 5.93. The Bertz CT molecular complexity index is 999. The number of hydrogen-bond acceptors (Lipinski definition) is 1. The normalized spacial score (nSPS) is 24.7. The van der Waals surface area contributed by atoms with Crippen LogP contribution in [0.3, 0.4) is 0 Å². The molecular formula is C29H33F3O. The molecule has 0 radical (unpaired) electrons. The van der Waals surface area contributed by atoms with Crippen LogP contribution in [-0.2, 0) is 0 Å². The van der Waals surface area contributed by atoms with Gasteiger partial charge in [0.25, 0.3) is 0 Å². The molecule has 2 aliphatic rings. The van der Waals surface area contributed by atoms with E-state index in [1.165, 1.54) is 43.9 Å². The van der Waals surface area contributed by atoms with Gasteiger partial charge in [0, 0.05) is 17.2 Å². The van der Waals surface area contributed by atoms with E-state index in [0.717, 1.165) is 31.6 Å². The van der Waals surface area contributed by atoms with Gasteiger partial charge in [0.2, 0.25) is 0 Å². The van der Waals surface area contributed by atoms with Crippen LogP contribution >= 0.6 is 0 Å². The molecule has 0 aliphatic heterocycles. The average Bonchev–Trinajstić information content (AvgIpc) is 2.83. The smallest absolute Gasteiger partial charge is 0.167 e. The fourth-order valence-corrected chi connectivity index (χ4v) is 5.93. The number of allylic oxidation sites excluding steroid dienone is 1. The zero-order chi connectivity index (χ0) is 23.4. The second-order valence-electron chi connectivity index (χ2n) is 9.65. The summed E-state index contributed by atoms with van der Waals surface area (Å²) in [6.45, 7) is 7.63. The Morgan fingerprint density at radius 2 is 1.61 bits per heavy atom. The molecule has 0 heterocycles. The Morgan fingerprint density at radius 1 is 0.848 bits per heavy atom. The zero-order valence-electron chi connectivity index (χ0n) is 19.2. The molecule has 33 heavy (non-hydrogen) atoms. The standard InChI is InChI=1S/C29H33F3O/c1-3-5-6-19-7-8-21-17-22(10-9-20(21)16-19)24-13-14-26(29(32)28(24)31)25-12-11-23(18-27(25)30)33-15-4-2/h3-4,11-14,18-22H,1-2,5-10,15-17H2. The molecule has 2 aliphatic carbocycles. The summed E-state index contributed by atoms with van der Waals surface area (Å²) in [5.74, 6) is -0.0273. The molecule has 4 heteroatoms. The molecule has 4 atom stereocenters. The van der Waals surface area contributed by atoms with Crippen LogP contribution in [0.4, 0.5) is 13.2 Å². The van der Waals surface area contributed by atoms with Gasteiger partial charge >= 0.3 is 0 Å². The molecule has 2 fully saturated rings. The van der Waals surface area contributed by atoms with Gasteiger partial charge in [-0.1, -0.05) is 37.3 Å². The first-order chi connectivity index (χ1) is 16.0. The summed E-state index contributed by atoms with van der Waals surface area (Å²) >= 11 is 0. The van der Waals surface area contributed by atoms with Crippen molar-refractivity contribution in [1.82, 2.24) is 0 Å². The highest BCUT2D eigenvalue weighted by molar-refractivity contribution is 5.66. The summed E-state index contributed by atoms with van der Waals surface area (Å²) < 4.78 is 50.2. The van der Waals surface area contributed by atoms with Crippen LogP contribution in [0.1, 0.15) is 62.8 Å².